The van der Waals surface area contributed by atoms with E-state index in [1.807, 2.05) is 5.32 Å². The van der Waals surface area contributed by atoms with Crippen LogP contribution in [-0.2, 0) is 16.0 Å². The lowest BCUT2D eigenvalue weighted by Gasteiger charge is -2.16. The van der Waals surface area contributed by atoms with Crippen molar-refractivity contribution in [1.82, 2.24) is 5.32 Å². The number of amides is 1. The van der Waals surface area contributed by atoms with Crippen LogP contribution in [0.5, 0.6) is 5.75 Å². The molecule has 1 amide bonds. The van der Waals surface area contributed by atoms with E-state index < -0.39 is 30.5 Å². The number of aliphatic carboxylic acids is 1. The summed E-state index contributed by atoms with van der Waals surface area (Å²) in [6.07, 6.45) is -6.15. The molecule has 0 aromatic heterocycles. The van der Waals surface area contributed by atoms with Gasteiger partial charge in [0.25, 0.3) is 0 Å². The van der Waals surface area contributed by atoms with Crippen molar-refractivity contribution in [3.8, 4) is 5.75 Å². The van der Waals surface area contributed by atoms with Crippen LogP contribution in [0, 0.1) is 0 Å². The lowest BCUT2D eigenvalue weighted by Crippen LogP contribution is -2.43. The number of benzene rings is 1. The van der Waals surface area contributed by atoms with E-state index in [1.165, 1.54) is 7.11 Å². The number of ether oxygens (including phenoxy) is 1. The third kappa shape index (κ3) is 6.89. The number of carboxylic acid groups (broad SMARTS) is 1. The lowest BCUT2D eigenvalue weighted by atomic mass is 10.1. The summed E-state index contributed by atoms with van der Waals surface area (Å²) < 4.78 is 42.5. The Kier molecular flexibility index (Phi) is 6.86. The molecule has 0 bridgehead atoms. The molecule has 1 aromatic carbocycles. The molecule has 0 aliphatic rings. The zero-order valence-corrected chi connectivity index (χ0v) is 13.7. The van der Waals surface area contributed by atoms with Crippen LogP contribution in [0.3, 0.4) is 0 Å². The first-order valence-corrected chi connectivity index (χ1v) is 7.33. The monoisotopic (exact) mass is 397 g/mol. The summed E-state index contributed by atoms with van der Waals surface area (Å²) in [5.41, 5.74) is 0.760. The second-order valence-electron chi connectivity index (χ2n) is 4.75. The van der Waals surface area contributed by atoms with E-state index in [0.29, 0.717) is 10.2 Å². The van der Waals surface area contributed by atoms with Crippen LogP contribution in [-0.4, -0.2) is 36.3 Å². The molecule has 1 aromatic rings. The van der Waals surface area contributed by atoms with Gasteiger partial charge in [0.2, 0.25) is 5.91 Å². The minimum Gasteiger partial charge on any atom is -0.496 e. The standard InChI is InChI=1S/C14H15BrF3NO4/c1-23-11-4-2-8(6-9(11)15)3-5-12(20)19-10(13(21)22)7-14(16,17)18/h2,4,6,10H,3,5,7H2,1H3,(H,19,20)(H,21,22). The number of methoxy groups -OCH3 is 1. The summed E-state index contributed by atoms with van der Waals surface area (Å²) in [6.45, 7) is 0. The third-order valence-corrected chi connectivity index (χ3v) is 3.55. The molecule has 0 saturated carbocycles. The molecule has 1 atom stereocenters. The molecule has 0 spiro atoms. The molecular weight excluding hydrogens is 383 g/mol. The number of hydrogen-bond donors (Lipinski definition) is 2. The van der Waals surface area contributed by atoms with Gasteiger partial charge in [0.05, 0.1) is 18.0 Å². The number of rotatable bonds is 7. The summed E-state index contributed by atoms with van der Waals surface area (Å²) in [7, 11) is 1.50. The number of alkyl halides is 3. The van der Waals surface area contributed by atoms with E-state index in [4.69, 9.17) is 9.84 Å². The molecule has 128 valence electrons. The molecule has 23 heavy (non-hydrogen) atoms. The van der Waals surface area contributed by atoms with Crippen LogP contribution in [0.1, 0.15) is 18.4 Å². The van der Waals surface area contributed by atoms with Gasteiger partial charge < -0.3 is 15.2 Å². The lowest BCUT2D eigenvalue weighted by molar-refractivity contribution is -0.160. The summed E-state index contributed by atoms with van der Waals surface area (Å²) in [6, 6.07) is 3.13. The summed E-state index contributed by atoms with van der Waals surface area (Å²) >= 11 is 3.28. The first kappa shape index (κ1) is 19.3. The Hall–Kier alpha value is -1.77. The summed E-state index contributed by atoms with van der Waals surface area (Å²) in [4.78, 5) is 22.4. The van der Waals surface area contributed by atoms with Gasteiger partial charge in [-0.15, -0.1) is 0 Å². The topological polar surface area (TPSA) is 75.6 Å². The molecule has 0 radical (unpaired) electrons. The first-order chi connectivity index (χ1) is 10.6. The maximum absolute atomic E-state index is 12.3. The number of carboxylic acids is 1. The average Bonchev–Trinajstić information content (AvgIpc) is 2.43. The molecule has 5 nitrogen and oxygen atoms in total. The fraction of sp³-hybridized carbons (Fsp3) is 0.429. The third-order valence-electron chi connectivity index (χ3n) is 2.93. The number of carbonyl (C=O) groups excluding carboxylic acids is 1. The van der Waals surface area contributed by atoms with Crippen LogP contribution in [0.15, 0.2) is 22.7 Å². The van der Waals surface area contributed by atoms with Crippen LogP contribution < -0.4 is 10.1 Å². The highest BCUT2D eigenvalue weighted by atomic mass is 79.9. The Bertz CT molecular complexity index is 578. The number of halogens is 4. The minimum absolute atomic E-state index is 0.125. The van der Waals surface area contributed by atoms with Gasteiger partial charge in [-0.1, -0.05) is 6.07 Å². The van der Waals surface area contributed by atoms with Gasteiger partial charge in [0.1, 0.15) is 11.8 Å². The van der Waals surface area contributed by atoms with Gasteiger partial charge in [-0.2, -0.15) is 13.2 Å². The van der Waals surface area contributed by atoms with Crippen molar-refractivity contribution in [3.63, 3.8) is 0 Å². The highest BCUT2D eigenvalue weighted by Crippen LogP contribution is 2.26. The molecular formula is C14H15BrF3NO4. The maximum atomic E-state index is 12.3. The van der Waals surface area contributed by atoms with Crippen molar-refractivity contribution in [1.29, 1.82) is 0 Å². The number of hydrogen-bond acceptors (Lipinski definition) is 3. The number of carbonyl (C=O) groups is 2. The van der Waals surface area contributed by atoms with E-state index in [2.05, 4.69) is 15.9 Å². The number of aryl methyl sites for hydroxylation is 1. The summed E-state index contributed by atoms with van der Waals surface area (Å²) in [5, 5.41) is 10.6. The Morgan fingerprint density at radius 2 is 2.04 bits per heavy atom. The molecule has 0 aliphatic carbocycles. The van der Waals surface area contributed by atoms with Crippen LogP contribution in [0.4, 0.5) is 13.2 Å². The van der Waals surface area contributed by atoms with Crippen molar-refractivity contribution in [3.05, 3.63) is 28.2 Å². The second kappa shape index (κ2) is 8.19. The molecule has 2 N–H and O–H groups in total. The fourth-order valence-electron chi connectivity index (χ4n) is 1.82. The Labute approximate surface area is 138 Å². The number of nitrogens with one attached hydrogen (secondary N) is 1. The fourth-order valence-corrected chi connectivity index (χ4v) is 2.41. The molecule has 0 saturated heterocycles. The van der Waals surface area contributed by atoms with Gasteiger partial charge in [-0.3, -0.25) is 4.79 Å². The SMILES string of the molecule is COc1ccc(CCC(=O)NC(CC(F)(F)F)C(=O)O)cc1Br. The second-order valence-corrected chi connectivity index (χ2v) is 5.60. The van der Waals surface area contributed by atoms with Crippen LogP contribution in [0.2, 0.25) is 0 Å². The molecule has 0 aliphatic heterocycles. The van der Waals surface area contributed by atoms with Gasteiger partial charge in [0, 0.05) is 6.42 Å². The van der Waals surface area contributed by atoms with Crippen molar-refractivity contribution in [2.24, 2.45) is 0 Å². The van der Waals surface area contributed by atoms with Crippen LogP contribution in [0.25, 0.3) is 0 Å². The largest absolute Gasteiger partial charge is 0.496 e. The first-order valence-electron chi connectivity index (χ1n) is 6.53. The Morgan fingerprint density at radius 3 is 2.52 bits per heavy atom. The van der Waals surface area contributed by atoms with E-state index in [-0.39, 0.29) is 12.8 Å². The van der Waals surface area contributed by atoms with E-state index in [1.54, 1.807) is 18.2 Å². The van der Waals surface area contributed by atoms with Gasteiger partial charge in [-0.25, -0.2) is 4.79 Å². The quantitative estimate of drug-likeness (QED) is 0.741. The summed E-state index contributed by atoms with van der Waals surface area (Å²) in [5.74, 6) is -1.87. The smallest absolute Gasteiger partial charge is 0.391 e. The normalized spacial score (nSPS) is 12.6. The molecule has 0 fully saturated rings. The Morgan fingerprint density at radius 1 is 1.39 bits per heavy atom. The van der Waals surface area contributed by atoms with Gasteiger partial charge in [0.15, 0.2) is 0 Å². The molecule has 1 unspecified atom stereocenters. The van der Waals surface area contributed by atoms with E-state index >= 15 is 0 Å². The molecule has 0 heterocycles. The van der Waals surface area contributed by atoms with E-state index in [0.717, 1.165) is 5.56 Å². The van der Waals surface area contributed by atoms with Crippen molar-refractivity contribution in [2.45, 2.75) is 31.5 Å². The molecule has 9 heteroatoms. The average molecular weight is 398 g/mol. The zero-order valence-electron chi connectivity index (χ0n) is 12.1. The molecule has 1 rings (SSSR count). The van der Waals surface area contributed by atoms with Crippen molar-refractivity contribution < 1.29 is 32.6 Å². The highest BCUT2D eigenvalue weighted by Gasteiger charge is 2.36. The zero-order chi connectivity index (χ0) is 17.6. The predicted molar refractivity (Wildman–Crippen MR) is 79.3 cm³/mol. The minimum atomic E-state index is -4.67. The van der Waals surface area contributed by atoms with Crippen LogP contribution >= 0.6 is 15.9 Å². The maximum Gasteiger partial charge on any atom is 0.391 e. The van der Waals surface area contributed by atoms with Crippen molar-refractivity contribution in [2.75, 3.05) is 7.11 Å². The Balaban J connectivity index is 2.58. The van der Waals surface area contributed by atoms with Crippen molar-refractivity contribution >= 4 is 27.8 Å². The van der Waals surface area contributed by atoms with E-state index in [9.17, 15) is 22.8 Å². The van der Waals surface area contributed by atoms with Gasteiger partial charge in [-0.05, 0) is 40.0 Å². The van der Waals surface area contributed by atoms with Gasteiger partial charge >= 0.3 is 12.1 Å². The predicted octanol–water partition coefficient (Wildman–Crippen LogP) is 2.91. The highest BCUT2D eigenvalue weighted by molar-refractivity contribution is 9.10.